The van der Waals surface area contributed by atoms with Crippen molar-refractivity contribution >= 4 is 0 Å². The molecule has 1 aromatic carbocycles. The SMILES string of the molecule is Cc1cccc(Oc2ccc(CNC3CC3)c(C)n2)c1. The molecule has 1 N–H and O–H groups in total. The van der Waals surface area contributed by atoms with E-state index in [1.165, 1.54) is 24.0 Å². The van der Waals surface area contributed by atoms with Gasteiger partial charge in [0.05, 0.1) is 0 Å². The summed E-state index contributed by atoms with van der Waals surface area (Å²) in [4.78, 5) is 4.53. The Morgan fingerprint density at radius 2 is 2.05 bits per heavy atom. The van der Waals surface area contributed by atoms with E-state index in [4.69, 9.17) is 4.74 Å². The van der Waals surface area contributed by atoms with Gasteiger partial charge in [0.15, 0.2) is 0 Å². The molecule has 0 unspecified atom stereocenters. The van der Waals surface area contributed by atoms with Crippen LogP contribution in [0.15, 0.2) is 36.4 Å². The first-order valence-electron chi connectivity index (χ1n) is 7.15. The van der Waals surface area contributed by atoms with Gasteiger partial charge in [-0.1, -0.05) is 18.2 Å². The van der Waals surface area contributed by atoms with E-state index in [-0.39, 0.29) is 0 Å². The zero-order valence-corrected chi connectivity index (χ0v) is 12.0. The van der Waals surface area contributed by atoms with E-state index < -0.39 is 0 Å². The molecule has 3 heteroatoms. The van der Waals surface area contributed by atoms with E-state index in [0.29, 0.717) is 5.88 Å². The molecule has 0 amide bonds. The number of ether oxygens (including phenoxy) is 1. The summed E-state index contributed by atoms with van der Waals surface area (Å²) in [6.07, 6.45) is 2.61. The highest BCUT2D eigenvalue weighted by molar-refractivity contribution is 5.32. The molecule has 1 aromatic heterocycles. The van der Waals surface area contributed by atoms with Gasteiger partial charge in [-0.2, -0.15) is 0 Å². The number of nitrogens with one attached hydrogen (secondary N) is 1. The summed E-state index contributed by atoms with van der Waals surface area (Å²) < 4.78 is 5.80. The van der Waals surface area contributed by atoms with Crippen molar-refractivity contribution in [2.45, 2.75) is 39.3 Å². The van der Waals surface area contributed by atoms with Crippen LogP contribution in [-0.2, 0) is 6.54 Å². The molecular weight excluding hydrogens is 248 g/mol. The fourth-order valence-corrected chi connectivity index (χ4v) is 2.15. The second-order valence-corrected chi connectivity index (χ2v) is 5.47. The zero-order valence-electron chi connectivity index (χ0n) is 12.0. The molecule has 0 atom stereocenters. The molecule has 0 aliphatic heterocycles. The van der Waals surface area contributed by atoms with Gasteiger partial charge < -0.3 is 10.1 Å². The number of rotatable bonds is 5. The van der Waals surface area contributed by atoms with Crippen LogP contribution in [0.2, 0.25) is 0 Å². The van der Waals surface area contributed by atoms with Crippen LogP contribution in [-0.4, -0.2) is 11.0 Å². The van der Waals surface area contributed by atoms with Gasteiger partial charge in [0.2, 0.25) is 5.88 Å². The van der Waals surface area contributed by atoms with Gasteiger partial charge >= 0.3 is 0 Å². The molecule has 1 fully saturated rings. The number of nitrogens with zero attached hydrogens (tertiary/aromatic N) is 1. The predicted molar refractivity (Wildman–Crippen MR) is 80.1 cm³/mol. The van der Waals surface area contributed by atoms with E-state index in [1.54, 1.807) is 0 Å². The second kappa shape index (κ2) is 5.63. The summed E-state index contributed by atoms with van der Waals surface area (Å²) in [7, 11) is 0. The quantitative estimate of drug-likeness (QED) is 0.897. The monoisotopic (exact) mass is 268 g/mol. The topological polar surface area (TPSA) is 34.1 Å². The van der Waals surface area contributed by atoms with E-state index in [2.05, 4.69) is 29.4 Å². The molecule has 1 aliphatic carbocycles. The molecular formula is C17H20N2O. The third kappa shape index (κ3) is 3.36. The minimum Gasteiger partial charge on any atom is -0.439 e. The van der Waals surface area contributed by atoms with Crippen LogP contribution in [0, 0.1) is 13.8 Å². The normalized spacial score (nSPS) is 14.3. The summed E-state index contributed by atoms with van der Waals surface area (Å²) >= 11 is 0. The third-order valence-corrected chi connectivity index (χ3v) is 3.54. The summed E-state index contributed by atoms with van der Waals surface area (Å²) in [5, 5.41) is 3.51. The Morgan fingerprint density at radius 1 is 1.20 bits per heavy atom. The number of pyridine rings is 1. The molecule has 0 radical (unpaired) electrons. The number of aromatic nitrogens is 1. The number of aryl methyl sites for hydroxylation is 2. The number of hydrogen-bond donors (Lipinski definition) is 1. The van der Waals surface area contributed by atoms with E-state index >= 15 is 0 Å². The molecule has 0 saturated heterocycles. The lowest BCUT2D eigenvalue weighted by molar-refractivity contribution is 0.460. The molecule has 2 aromatic rings. The molecule has 1 heterocycles. The Bertz CT molecular complexity index is 606. The van der Waals surface area contributed by atoms with E-state index in [0.717, 1.165) is 24.0 Å². The predicted octanol–water partition coefficient (Wildman–Crippen LogP) is 3.74. The molecule has 3 rings (SSSR count). The summed E-state index contributed by atoms with van der Waals surface area (Å²) in [6.45, 7) is 4.99. The van der Waals surface area contributed by atoms with Gasteiger partial charge in [0.1, 0.15) is 5.75 Å². The van der Waals surface area contributed by atoms with Crippen molar-refractivity contribution in [3.05, 3.63) is 53.2 Å². The van der Waals surface area contributed by atoms with Crippen molar-refractivity contribution in [1.82, 2.24) is 10.3 Å². The standard InChI is InChI=1S/C17H20N2O/c1-12-4-3-5-16(10-12)20-17-9-6-14(13(2)19-17)11-18-15-7-8-15/h3-6,9-10,15,18H,7-8,11H2,1-2H3. The van der Waals surface area contributed by atoms with Crippen LogP contribution in [0.3, 0.4) is 0 Å². The molecule has 1 aliphatic rings. The molecule has 0 bridgehead atoms. The molecule has 20 heavy (non-hydrogen) atoms. The van der Waals surface area contributed by atoms with E-state index in [1.807, 2.05) is 31.2 Å². The van der Waals surface area contributed by atoms with Gasteiger partial charge in [0, 0.05) is 24.3 Å². The number of hydrogen-bond acceptors (Lipinski definition) is 3. The van der Waals surface area contributed by atoms with Gasteiger partial charge in [0.25, 0.3) is 0 Å². The average molecular weight is 268 g/mol. The highest BCUT2D eigenvalue weighted by atomic mass is 16.5. The maximum Gasteiger partial charge on any atom is 0.219 e. The van der Waals surface area contributed by atoms with Gasteiger partial charge in [-0.3, -0.25) is 0 Å². The first-order chi connectivity index (χ1) is 9.70. The Labute approximate surface area is 120 Å². The Kier molecular flexibility index (Phi) is 3.70. The van der Waals surface area contributed by atoms with Crippen molar-refractivity contribution in [3.63, 3.8) is 0 Å². The van der Waals surface area contributed by atoms with Crippen LogP contribution in [0.4, 0.5) is 0 Å². The largest absolute Gasteiger partial charge is 0.439 e. The minimum atomic E-state index is 0.656. The Balaban J connectivity index is 1.69. The summed E-state index contributed by atoms with van der Waals surface area (Å²) in [6, 6.07) is 12.8. The highest BCUT2D eigenvalue weighted by Gasteiger charge is 2.20. The van der Waals surface area contributed by atoms with Gasteiger partial charge in [-0.15, -0.1) is 0 Å². The van der Waals surface area contributed by atoms with Crippen LogP contribution < -0.4 is 10.1 Å². The fourth-order valence-electron chi connectivity index (χ4n) is 2.15. The Hall–Kier alpha value is -1.87. The average Bonchev–Trinajstić information content (AvgIpc) is 3.22. The lowest BCUT2D eigenvalue weighted by Gasteiger charge is -2.10. The third-order valence-electron chi connectivity index (χ3n) is 3.54. The van der Waals surface area contributed by atoms with Crippen molar-refractivity contribution < 1.29 is 4.74 Å². The highest BCUT2D eigenvalue weighted by Crippen LogP contribution is 2.23. The first kappa shape index (κ1) is 13.1. The van der Waals surface area contributed by atoms with Crippen molar-refractivity contribution in [2.24, 2.45) is 0 Å². The lowest BCUT2D eigenvalue weighted by Crippen LogP contribution is -2.16. The van der Waals surface area contributed by atoms with Crippen molar-refractivity contribution in [1.29, 1.82) is 0 Å². The van der Waals surface area contributed by atoms with Crippen LogP contribution in [0.25, 0.3) is 0 Å². The first-order valence-corrected chi connectivity index (χ1v) is 7.15. The maximum absolute atomic E-state index is 5.80. The minimum absolute atomic E-state index is 0.656. The van der Waals surface area contributed by atoms with Crippen LogP contribution in [0.1, 0.15) is 29.7 Å². The van der Waals surface area contributed by atoms with E-state index in [9.17, 15) is 0 Å². The summed E-state index contributed by atoms with van der Waals surface area (Å²) in [5.41, 5.74) is 3.46. The van der Waals surface area contributed by atoms with Gasteiger partial charge in [-0.05, 0) is 49.9 Å². The molecule has 3 nitrogen and oxygen atoms in total. The lowest BCUT2D eigenvalue weighted by atomic mass is 10.2. The maximum atomic E-state index is 5.80. The smallest absolute Gasteiger partial charge is 0.219 e. The second-order valence-electron chi connectivity index (χ2n) is 5.47. The Morgan fingerprint density at radius 3 is 2.75 bits per heavy atom. The van der Waals surface area contributed by atoms with Gasteiger partial charge in [-0.25, -0.2) is 4.98 Å². The van der Waals surface area contributed by atoms with Crippen molar-refractivity contribution in [3.8, 4) is 11.6 Å². The molecule has 0 spiro atoms. The van der Waals surface area contributed by atoms with Crippen LogP contribution in [0.5, 0.6) is 11.6 Å². The zero-order chi connectivity index (χ0) is 13.9. The fraction of sp³-hybridized carbons (Fsp3) is 0.353. The number of benzene rings is 1. The van der Waals surface area contributed by atoms with Crippen LogP contribution >= 0.6 is 0 Å². The molecule has 1 saturated carbocycles. The molecule has 104 valence electrons. The summed E-state index contributed by atoms with van der Waals surface area (Å²) in [5.74, 6) is 1.49. The van der Waals surface area contributed by atoms with Crippen molar-refractivity contribution in [2.75, 3.05) is 0 Å².